The maximum absolute atomic E-state index is 13.4. The van der Waals surface area contributed by atoms with E-state index in [1.807, 2.05) is 27.1 Å². The molecule has 1 N–H and O–H groups in total. The molecular formula is C28H40ClFN2O. The van der Waals surface area contributed by atoms with Crippen molar-refractivity contribution in [2.24, 2.45) is 0 Å². The van der Waals surface area contributed by atoms with E-state index in [1.165, 1.54) is 50.5 Å². The summed E-state index contributed by atoms with van der Waals surface area (Å²) in [6.07, 6.45) is 20.2. The molecule has 1 aromatic rings. The standard InChI is InChI=1S/C15H18FN.C7H7ClO.C4H9N.C2H6/c16-12-6-7-15-14(10-12)13(8-9-17-15)11-4-2-1-3-5-11;8-7-3-1-6(5-9)2-4-7;1-5-4-2-3-4;1-2/h8-11H,1-7H2;1,3,5H,2,4H2;4-5H,2-3H2,1H3;1-2H3. The Kier molecular flexibility index (Phi) is 12.6. The smallest absolute Gasteiger partial charge is 0.146 e. The Hall–Kier alpha value is -1.78. The predicted octanol–water partition coefficient (Wildman–Crippen LogP) is 7.81. The summed E-state index contributed by atoms with van der Waals surface area (Å²) in [5.41, 5.74) is 4.35. The number of hydrogen-bond acceptors (Lipinski definition) is 3. The van der Waals surface area contributed by atoms with Crippen LogP contribution < -0.4 is 5.32 Å². The number of aromatic nitrogens is 1. The van der Waals surface area contributed by atoms with Crippen LogP contribution in [0.5, 0.6) is 0 Å². The summed E-state index contributed by atoms with van der Waals surface area (Å²) in [6.45, 7) is 4.00. The number of pyridine rings is 1. The summed E-state index contributed by atoms with van der Waals surface area (Å²) in [6, 6.07) is 2.99. The molecule has 2 fully saturated rings. The predicted molar refractivity (Wildman–Crippen MR) is 138 cm³/mol. The highest BCUT2D eigenvalue weighted by Gasteiger charge is 2.22. The third kappa shape index (κ3) is 9.54. The van der Waals surface area contributed by atoms with Gasteiger partial charge in [-0.2, -0.15) is 0 Å². The molecule has 1 aromatic heterocycles. The molecule has 3 nitrogen and oxygen atoms in total. The summed E-state index contributed by atoms with van der Waals surface area (Å²) in [4.78, 5) is 14.5. The van der Waals surface area contributed by atoms with Crippen molar-refractivity contribution in [1.82, 2.24) is 10.3 Å². The molecular weight excluding hydrogens is 435 g/mol. The normalized spacial score (nSPS) is 19.5. The molecule has 4 aliphatic rings. The van der Waals surface area contributed by atoms with Gasteiger partial charge in [0.2, 0.25) is 0 Å². The van der Waals surface area contributed by atoms with E-state index in [4.69, 9.17) is 11.6 Å². The molecule has 0 unspecified atom stereocenters. The summed E-state index contributed by atoms with van der Waals surface area (Å²) in [5.74, 6) is 0.644. The second-order valence-electron chi connectivity index (χ2n) is 8.72. The van der Waals surface area contributed by atoms with Crippen LogP contribution in [0.25, 0.3) is 6.08 Å². The van der Waals surface area contributed by atoms with Crippen LogP contribution in [0.1, 0.15) is 101 Å². The molecule has 0 aromatic carbocycles. The molecule has 5 rings (SSSR count). The van der Waals surface area contributed by atoms with Gasteiger partial charge >= 0.3 is 0 Å². The van der Waals surface area contributed by atoms with Gasteiger partial charge in [0.1, 0.15) is 12.1 Å². The third-order valence-electron chi connectivity index (χ3n) is 6.32. The van der Waals surface area contributed by atoms with Crippen LogP contribution in [0.4, 0.5) is 4.39 Å². The van der Waals surface area contributed by atoms with Crippen molar-refractivity contribution >= 4 is 24.0 Å². The number of fused-ring (bicyclic) bond motifs is 1. The lowest BCUT2D eigenvalue weighted by molar-refractivity contribution is -0.105. The van der Waals surface area contributed by atoms with Gasteiger partial charge in [-0.25, -0.2) is 4.39 Å². The highest BCUT2D eigenvalue weighted by atomic mass is 35.5. The number of aryl methyl sites for hydroxylation is 1. The zero-order valence-electron chi connectivity index (χ0n) is 20.5. The average molecular weight is 475 g/mol. The van der Waals surface area contributed by atoms with E-state index in [1.54, 1.807) is 18.2 Å². The molecule has 0 bridgehead atoms. The monoisotopic (exact) mass is 474 g/mol. The Labute approximate surface area is 204 Å². The molecule has 0 spiro atoms. The van der Waals surface area contributed by atoms with Crippen LogP contribution in [0, 0.1) is 0 Å². The van der Waals surface area contributed by atoms with E-state index in [0.717, 1.165) is 53.5 Å². The number of halogens is 2. The SMILES string of the molecule is CC.CNC1CC1.FC1=Cc2c(C3CCCCC3)ccnc2CC1.O=CC1=CC=C(Cl)CC1. The van der Waals surface area contributed by atoms with Crippen LogP contribution in [0.3, 0.4) is 0 Å². The average Bonchev–Trinajstić information content (AvgIpc) is 3.72. The molecule has 0 saturated heterocycles. The molecule has 182 valence electrons. The number of nitrogens with zero attached hydrogens (tertiary/aromatic N) is 1. The number of hydrogen-bond donors (Lipinski definition) is 1. The van der Waals surface area contributed by atoms with Crippen LogP contribution in [-0.2, 0) is 11.2 Å². The lowest BCUT2D eigenvalue weighted by Crippen LogP contribution is -2.10. The number of carbonyl (C=O) groups excluding carboxylic acids is 1. The molecule has 33 heavy (non-hydrogen) atoms. The Balaban J connectivity index is 0.000000201. The third-order valence-corrected chi connectivity index (χ3v) is 6.64. The number of nitrogens with one attached hydrogen (secondary N) is 1. The van der Waals surface area contributed by atoms with Gasteiger partial charge in [0.25, 0.3) is 0 Å². The van der Waals surface area contributed by atoms with Gasteiger partial charge in [0.15, 0.2) is 0 Å². The molecule has 1 heterocycles. The van der Waals surface area contributed by atoms with E-state index in [0.29, 0.717) is 12.3 Å². The van der Waals surface area contributed by atoms with Gasteiger partial charge in [-0.1, -0.05) is 50.8 Å². The zero-order valence-corrected chi connectivity index (χ0v) is 21.3. The minimum atomic E-state index is 0.0163. The zero-order chi connectivity index (χ0) is 24.1. The maximum atomic E-state index is 13.4. The van der Waals surface area contributed by atoms with E-state index in [-0.39, 0.29) is 5.83 Å². The molecule has 5 heteroatoms. The topological polar surface area (TPSA) is 42.0 Å². The van der Waals surface area contributed by atoms with E-state index in [2.05, 4.69) is 16.4 Å². The Morgan fingerprint density at radius 2 is 1.76 bits per heavy atom. The largest absolute Gasteiger partial charge is 0.317 e. The first-order valence-corrected chi connectivity index (χ1v) is 13.0. The molecule has 4 aliphatic carbocycles. The van der Waals surface area contributed by atoms with Crippen LogP contribution in [-0.4, -0.2) is 24.4 Å². The van der Waals surface area contributed by atoms with Crippen LogP contribution >= 0.6 is 11.6 Å². The Bertz CT molecular complexity index is 836. The fraction of sp³-hybridized carbons (Fsp3) is 0.571. The van der Waals surface area contributed by atoms with Crippen molar-refractivity contribution in [2.45, 2.75) is 96.4 Å². The minimum Gasteiger partial charge on any atom is -0.317 e. The second-order valence-corrected chi connectivity index (χ2v) is 9.21. The quantitative estimate of drug-likeness (QED) is 0.454. The minimum absolute atomic E-state index is 0.0163. The Morgan fingerprint density at radius 1 is 1.03 bits per heavy atom. The lowest BCUT2D eigenvalue weighted by Gasteiger charge is -2.25. The maximum Gasteiger partial charge on any atom is 0.146 e. The number of rotatable bonds is 3. The van der Waals surface area contributed by atoms with Crippen molar-refractivity contribution in [1.29, 1.82) is 0 Å². The summed E-state index contributed by atoms with van der Waals surface area (Å²) in [7, 11) is 2.01. The highest BCUT2D eigenvalue weighted by Crippen LogP contribution is 2.37. The van der Waals surface area contributed by atoms with Crippen LogP contribution in [0.15, 0.2) is 40.8 Å². The van der Waals surface area contributed by atoms with Gasteiger partial charge in [-0.3, -0.25) is 9.78 Å². The molecule has 0 aliphatic heterocycles. The first kappa shape index (κ1) is 27.5. The van der Waals surface area contributed by atoms with Crippen molar-refractivity contribution in [3.63, 3.8) is 0 Å². The van der Waals surface area contributed by atoms with Gasteiger partial charge in [-0.05, 0) is 87.3 Å². The number of carbonyl (C=O) groups is 1. The first-order chi connectivity index (χ1) is 16.1. The summed E-state index contributed by atoms with van der Waals surface area (Å²) in [5, 5.41) is 3.97. The second kappa shape index (κ2) is 15.2. The lowest BCUT2D eigenvalue weighted by atomic mass is 9.81. The van der Waals surface area contributed by atoms with Gasteiger partial charge in [0, 0.05) is 34.9 Å². The van der Waals surface area contributed by atoms with E-state index >= 15 is 0 Å². The fourth-order valence-corrected chi connectivity index (χ4v) is 4.39. The highest BCUT2D eigenvalue weighted by molar-refractivity contribution is 6.29. The Morgan fingerprint density at radius 3 is 2.30 bits per heavy atom. The van der Waals surface area contributed by atoms with Gasteiger partial charge < -0.3 is 5.32 Å². The first-order valence-electron chi connectivity index (χ1n) is 12.6. The van der Waals surface area contributed by atoms with Crippen LogP contribution in [0.2, 0.25) is 0 Å². The van der Waals surface area contributed by atoms with E-state index in [9.17, 15) is 9.18 Å². The number of allylic oxidation sites excluding steroid dienone is 5. The van der Waals surface area contributed by atoms with Crippen molar-refractivity contribution in [3.8, 4) is 0 Å². The van der Waals surface area contributed by atoms with Crippen molar-refractivity contribution < 1.29 is 9.18 Å². The van der Waals surface area contributed by atoms with Crippen molar-refractivity contribution in [2.75, 3.05) is 7.05 Å². The van der Waals surface area contributed by atoms with Gasteiger partial charge in [-0.15, -0.1) is 0 Å². The molecule has 2 saturated carbocycles. The summed E-state index contributed by atoms with van der Waals surface area (Å²) < 4.78 is 13.4. The van der Waals surface area contributed by atoms with Gasteiger partial charge in [0.05, 0.1) is 0 Å². The van der Waals surface area contributed by atoms with E-state index < -0.39 is 0 Å². The summed E-state index contributed by atoms with van der Waals surface area (Å²) >= 11 is 5.64. The molecule has 0 amide bonds. The number of aldehydes is 1. The van der Waals surface area contributed by atoms with Crippen molar-refractivity contribution in [3.05, 3.63) is 57.7 Å². The molecule has 0 atom stereocenters. The fourth-order valence-electron chi connectivity index (χ4n) is 4.23. The molecule has 0 radical (unpaired) electrons.